The summed E-state index contributed by atoms with van der Waals surface area (Å²) >= 11 is 0. The molecule has 28 heteroatoms. The minimum Gasteiger partial charge on any atom is -0.382 e. The number of nitrogens with zero attached hydrogens (tertiary/aromatic N) is 20. The molecule has 0 saturated carbocycles. The molecule has 0 aromatic rings. The van der Waals surface area contributed by atoms with Crippen LogP contribution in [0.5, 0.6) is 0 Å². The first-order chi connectivity index (χ1) is 71.6. The number of ether oxygens (including phenoxy) is 8. The van der Waals surface area contributed by atoms with Gasteiger partial charge in [-0.2, -0.15) is 0 Å². The quantitative estimate of drug-likeness (QED) is 0.0533. The lowest BCUT2D eigenvalue weighted by Crippen LogP contribution is -2.55. The molecule has 14 heterocycles. The molecule has 14 aliphatic rings. The van der Waals surface area contributed by atoms with E-state index in [2.05, 4.69) is 237 Å². The first kappa shape index (κ1) is 134. The fourth-order valence-corrected chi connectivity index (χ4v) is 24.0. The van der Waals surface area contributed by atoms with Crippen molar-refractivity contribution < 1.29 is 37.9 Å². The number of methoxy groups -OCH3 is 1. The van der Waals surface area contributed by atoms with Crippen LogP contribution in [-0.2, 0) is 37.9 Å². The zero-order valence-corrected chi connectivity index (χ0v) is 102. The fraction of sp³-hybridized carbons (Fsp3) is 1.00. The summed E-state index contributed by atoms with van der Waals surface area (Å²) in [4.78, 5) is 51.4. The largest absolute Gasteiger partial charge is 0.382 e. The molecule has 148 heavy (non-hydrogen) atoms. The molecule has 0 aliphatic carbocycles. The van der Waals surface area contributed by atoms with Crippen LogP contribution in [0.2, 0.25) is 0 Å². The Balaban J connectivity index is 0.000000229. The van der Waals surface area contributed by atoms with Gasteiger partial charge in [0.05, 0.1) is 77.3 Å². The van der Waals surface area contributed by atoms with Crippen LogP contribution in [0.25, 0.3) is 0 Å². The number of piperidine rings is 4. The third-order valence-electron chi connectivity index (χ3n) is 33.0. The van der Waals surface area contributed by atoms with Crippen LogP contribution < -0.4 is 0 Å². The summed E-state index contributed by atoms with van der Waals surface area (Å²) in [5.74, 6) is 8.78. The Labute approximate surface area is 915 Å². The fourth-order valence-electron chi connectivity index (χ4n) is 24.0. The molecule has 876 valence electrons. The van der Waals surface area contributed by atoms with E-state index in [-0.39, 0.29) is 0 Å². The van der Waals surface area contributed by atoms with Crippen LogP contribution in [-0.4, -0.2) is 596 Å². The van der Waals surface area contributed by atoms with Crippen molar-refractivity contribution in [3.63, 3.8) is 0 Å². The van der Waals surface area contributed by atoms with Crippen molar-refractivity contribution in [2.45, 2.75) is 252 Å². The molecule has 0 unspecified atom stereocenters. The van der Waals surface area contributed by atoms with Gasteiger partial charge in [0.15, 0.2) is 0 Å². The number of rotatable bonds is 56. The Kier molecular flexibility index (Phi) is 74.4. The monoisotopic (exact) mass is 2100 g/mol. The van der Waals surface area contributed by atoms with E-state index >= 15 is 0 Å². The predicted octanol–water partition coefficient (Wildman–Crippen LogP) is 13.0. The molecule has 0 radical (unpaired) electrons. The van der Waals surface area contributed by atoms with Gasteiger partial charge in [-0.05, 0) is 262 Å². The first-order valence-electron chi connectivity index (χ1n) is 62.7. The van der Waals surface area contributed by atoms with Crippen molar-refractivity contribution in [1.82, 2.24) is 98.0 Å². The summed E-state index contributed by atoms with van der Waals surface area (Å²) in [6.07, 6.45) is 22.9. The van der Waals surface area contributed by atoms with Crippen LogP contribution in [0.1, 0.15) is 227 Å². The second kappa shape index (κ2) is 82.3. The molecule has 0 N–H and O–H groups in total. The van der Waals surface area contributed by atoms with Gasteiger partial charge in [0.2, 0.25) is 0 Å². The second-order valence-electron chi connectivity index (χ2n) is 49.9. The van der Waals surface area contributed by atoms with Crippen LogP contribution >= 0.6 is 0 Å². The second-order valence-corrected chi connectivity index (χ2v) is 49.9. The van der Waals surface area contributed by atoms with E-state index in [1.54, 1.807) is 7.11 Å². The van der Waals surface area contributed by atoms with E-state index in [1.807, 2.05) is 6.92 Å². The molecule has 0 amide bonds. The lowest BCUT2D eigenvalue weighted by molar-refractivity contribution is -0.0544. The van der Waals surface area contributed by atoms with Crippen molar-refractivity contribution in [2.24, 2.45) is 59.2 Å². The number of piperazine rings is 6. The molecule has 14 fully saturated rings. The van der Waals surface area contributed by atoms with Gasteiger partial charge < -0.3 is 131 Å². The smallest absolute Gasteiger partial charge is 0.0828 e. The van der Waals surface area contributed by atoms with Gasteiger partial charge in [-0.15, -0.1) is 0 Å². The number of hydrogen-bond donors (Lipinski definition) is 0. The highest BCUT2D eigenvalue weighted by atomic mass is 16.6. The summed E-state index contributed by atoms with van der Waals surface area (Å²) < 4.78 is 44.2. The normalized spacial score (nSPS) is 23.1. The van der Waals surface area contributed by atoms with Gasteiger partial charge in [0, 0.05) is 328 Å². The minimum absolute atomic E-state index is 0.439. The molecular formula is C120H248N20O8. The third kappa shape index (κ3) is 63.2. The molecule has 28 nitrogen and oxygen atoms in total. The maximum atomic E-state index is 5.90. The first-order valence-corrected chi connectivity index (χ1v) is 62.7. The third-order valence-corrected chi connectivity index (χ3v) is 33.0. The number of likely N-dealkylation sites (N-methyl/N-ethyl adjacent to an activating group) is 6. The van der Waals surface area contributed by atoms with Crippen molar-refractivity contribution in [2.75, 3.05) is 474 Å². The number of hydrogen-bond acceptors (Lipinski definition) is 28. The Morgan fingerprint density at radius 3 is 0.797 bits per heavy atom. The highest BCUT2D eigenvalue weighted by molar-refractivity contribution is 4.89. The molecule has 14 aliphatic heterocycles. The van der Waals surface area contributed by atoms with Crippen molar-refractivity contribution >= 4 is 0 Å². The van der Waals surface area contributed by atoms with Crippen LogP contribution in [0.4, 0.5) is 0 Å². The molecule has 0 aromatic carbocycles. The number of likely N-dealkylation sites (tertiary alicyclic amines) is 8. The lowest BCUT2D eigenvalue weighted by atomic mass is 9.91. The summed E-state index contributed by atoms with van der Waals surface area (Å²) in [7, 11) is 8.30. The molecular weight excluding hydrogens is 1850 g/mol. The SMILES string of the molecule is CC(C)CN1CC(CN2CCN(C)CC2)C1.CC(C)CN1CCC(CCCN2CCN(C)CC2)CC1.CC(C)CN1CCN(CCCOC2CN(C)C2)CC1.CCCN1CCC(OCCOCCOC)CC1.CCCN1CCC(OCCOCCOCC)CC1.CCN1CC(OCCCN2CCN(CC(C)C)CC2)C1.CCN1CCN(CC2CN(CC(C)C)C2)CC1.CCN1CCN(CCCC2CCN(CC(C)C)CC2)CC1. The Bertz CT molecular complexity index is 2960. The topological polar surface area (TPSA) is 139 Å². The summed E-state index contributed by atoms with van der Waals surface area (Å²) in [5, 5.41) is 0. The summed E-state index contributed by atoms with van der Waals surface area (Å²) in [6, 6.07) is 0. The van der Waals surface area contributed by atoms with Gasteiger partial charge in [-0.3, -0.25) is 4.90 Å². The predicted molar refractivity (Wildman–Crippen MR) is 626 cm³/mol. The minimum atomic E-state index is 0.439. The van der Waals surface area contributed by atoms with Gasteiger partial charge in [0.1, 0.15) is 0 Å². The maximum Gasteiger partial charge on any atom is 0.0828 e. The Morgan fingerprint density at radius 2 is 0.473 bits per heavy atom. The Morgan fingerprint density at radius 1 is 0.209 bits per heavy atom. The van der Waals surface area contributed by atoms with E-state index in [1.165, 1.54) is 437 Å². The van der Waals surface area contributed by atoms with Gasteiger partial charge in [-0.25, -0.2) is 0 Å². The Hall–Kier alpha value is -1.12. The average molecular weight is 2100 g/mol. The van der Waals surface area contributed by atoms with E-state index < -0.39 is 0 Å². The van der Waals surface area contributed by atoms with E-state index in [0.717, 1.165) is 118 Å². The molecule has 14 rings (SSSR count). The zero-order valence-electron chi connectivity index (χ0n) is 102. The van der Waals surface area contributed by atoms with Crippen molar-refractivity contribution in [3.05, 3.63) is 0 Å². The van der Waals surface area contributed by atoms with Crippen LogP contribution in [0, 0.1) is 59.2 Å². The van der Waals surface area contributed by atoms with Crippen molar-refractivity contribution in [3.8, 4) is 0 Å². The van der Waals surface area contributed by atoms with Crippen LogP contribution in [0.3, 0.4) is 0 Å². The molecule has 0 atom stereocenters. The summed E-state index contributed by atoms with van der Waals surface area (Å²) in [5.41, 5.74) is 0. The van der Waals surface area contributed by atoms with Gasteiger partial charge >= 0.3 is 0 Å². The molecule has 0 aromatic heterocycles. The lowest BCUT2D eigenvalue weighted by Gasteiger charge is -2.44. The molecule has 0 spiro atoms. The zero-order chi connectivity index (χ0) is 107. The standard InChI is InChI=1S/C18H37N3.C17H35N3.C16H33N3O.C15H31N3O.C14H29N3.C14H29NO3.C13H27N3.C13H27NO3/c1-4-19-12-14-20(15-13-19)9-5-6-18-7-10-21(11-8-18)16-17(2)3;1-16(2)15-20-9-6-17(7-10-20)5-4-8-19-13-11-18(3)12-14-19;1-4-17-13-16(14-17)20-11-5-6-18-7-9-19(10-8-18)12-15(2)3;1-14(2)11-18-8-6-17(7-9-18)5-4-10-19-15-12-16(3)13-15;1-4-15-5-7-16(8-6-15)10-14-11-17(12-14)9-13(2)3;1-3-7-15-8-5-14(6-9-15)18-13-12-17-11-10-16-4-2;1-12(2)8-16-10-13(11-16)9-15-6-4-14(3)5-7-15;1-3-6-14-7-4-13(5-8-14)17-12-11-16-10-9-15-2/h17-18H,4-16H2,1-3H3;16-17H,4-15H2,1-3H3;15-16H,4-14H2,1-3H3;14-15H,4-13H2,1-3H3;13-14H,4-12H2,1-3H3;14H,3-13H2,1-2H3;12-13H,4-11H2,1-3H3;13H,3-12H2,1-2H3. The van der Waals surface area contributed by atoms with E-state index in [9.17, 15) is 0 Å². The van der Waals surface area contributed by atoms with E-state index in [4.69, 9.17) is 37.9 Å². The molecule has 0 bridgehead atoms. The van der Waals surface area contributed by atoms with Gasteiger partial charge in [-0.1, -0.05) is 118 Å². The highest BCUT2D eigenvalue weighted by Crippen LogP contribution is 2.28. The van der Waals surface area contributed by atoms with Gasteiger partial charge in [0.25, 0.3) is 0 Å². The van der Waals surface area contributed by atoms with E-state index in [0.29, 0.717) is 77.3 Å². The average Bonchev–Trinajstić information content (AvgIpc) is 0.843. The maximum absolute atomic E-state index is 5.90. The summed E-state index contributed by atoms with van der Waals surface area (Å²) in [6.45, 7) is 121. The highest BCUT2D eigenvalue weighted by Gasteiger charge is 2.34. The van der Waals surface area contributed by atoms with Crippen LogP contribution in [0.15, 0.2) is 0 Å². The molecule has 14 saturated heterocycles. The van der Waals surface area contributed by atoms with Crippen molar-refractivity contribution in [1.29, 1.82) is 0 Å².